The van der Waals surface area contributed by atoms with E-state index in [1.54, 1.807) is 28.7 Å². The largest absolute Gasteiger partial charge is 0.256 e. The number of hydrogen-bond donors (Lipinski definition) is 0. The Labute approximate surface area is 119 Å². The summed E-state index contributed by atoms with van der Waals surface area (Å²) < 4.78 is 27.3. The third kappa shape index (κ3) is 2.43. The summed E-state index contributed by atoms with van der Waals surface area (Å²) in [4.78, 5) is 4.62. The second-order valence-corrected chi connectivity index (χ2v) is 7.05. The van der Waals surface area contributed by atoms with Gasteiger partial charge < -0.3 is 0 Å². The summed E-state index contributed by atoms with van der Waals surface area (Å²) in [6.45, 7) is 1.25. The molecular formula is C15H18N2O2S. The molecule has 0 saturated carbocycles. The Morgan fingerprint density at radius 3 is 2.45 bits per heavy atom. The third-order valence-corrected chi connectivity index (χ3v) is 5.75. The standard InChI is InChI=1S/C15H18N2O2S/c18-20(19,17-11-3-1-2-4-12-17)15-9-5-8-14-13(15)7-6-10-16-14/h5-10H,1-4,11-12H2. The second kappa shape index (κ2) is 5.50. The zero-order valence-corrected chi connectivity index (χ0v) is 12.1. The van der Waals surface area contributed by atoms with E-state index in [1.807, 2.05) is 12.1 Å². The molecule has 2 heterocycles. The summed E-state index contributed by atoms with van der Waals surface area (Å²) in [5.74, 6) is 0. The average molecular weight is 290 g/mol. The molecule has 0 bridgehead atoms. The number of aromatic nitrogens is 1. The van der Waals surface area contributed by atoms with Crippen LogP contribution in [0.1, 0.15) is 25.7 Å². The number of nitrogens with zero attached hydrogens (tertiary/aromatic N) is 2. The quantitative estimate of drug-likeness (QED) is 0.854. The van der Waals surface area contributed by atoms with Crippen LogP contribution in [0.5, 0.6) is 0 Å². The van der Waals surface area contributed by atoms with Crippen LogP contribution in [0.4, 0.5) is 0 Å². The number of pyridine rings is 1. The first-order valence-corrected chi connectivity index (χ1v) is 8.47. The van der Waals surface area contributed by atoms with Gasteiger partial charge in [-0.3, -0.25) is 4.98 Å². The van der Waals surface area contributed by atoms with Crippen LogP contribution in [0.25, 0.3) is 10.9 Å². The maximum atomic E-state index is 12.9. The van der Waals surface area contributed by atoms with E-state index < -0.39 is 10.0 Å². The van der Waals surface area contributed by atoms with E-state index in [9.17, 15) is 8.42 Å². The lowest BCUT2D eigenvalue weighted by Gasteiger charge is -2.20. The van der Waals surface area contributed by atoms with Crippen molar-refractivity contribution in [3.8, 4) is 0 Å². The van der Waals surface area contributed by atoms with Crippen LogP contribution >= 0.6 is 0 Å². The summed E-state index contributed by atoms with van der Waals surface area (Å²) in [6.07, 6.45) is 5.81. The van der Waals surface area contributed by atoms with Gasteiger partial charge in [0.1, 0.15) is 0 Å². The second-order valence-electron chi connectivity index (χ2n) is 5.14. The molecule has 0 unspecified atom stereocenters. The topological polar surface area (TPSA) is 50.3 Å². The molecule has 0 atom stereocenters. The Bertz CT molecular complexity index is 699. The van der Waals surface area contributed by atoms with E-state index in [0.29, 0.717) is 23.4 Å². The Morgan fingerprint density at radius 2 is 1.70 bits per heavy atom. The highest BCUT2D eigenvalue weighted by atomic mass is 32.2. The molecule has 1 aliphatic heterocycles. The van der Waals surface area contributed by atoms with Crippen molar-refractivity contribution in [3.05, 3.63) is 36.5 Å². The van der Waals surface area contributed by atoms with Crippen molar-refractivity contribution in [2.45, 2.75) is 30.6 Å². The molecule has 1 aromatic heterocycles. The van der Waals surface area contributed by atoms with E-state index in [-0.39, 0.29) is 0 Å². The summed E-state index contributed by atoms with van der Waals surface area (Å²) in [7, 11) is -3.42. The van der Waals surface area contributed by atoms with E-state index in [2.05, 4.69) is 4.98 Å². The van der Waals surface area contributed by atoms with Gasteiger partial charge in [0.15, 0.2) is 0 Å². The lowest BCUT2D eigenvalue weighted by Crippen LogP contribution is -2.32. The predicted molar refractivity (Wildman–Crippen MR) is 79.0 cm³/mol. The molecule has 0 N–H and O–H groups in total. The molecule has 0 aliphatic carbocycles. The zero-order valence-electron chi connectivity index (χ0n) is 11.3. The van der Waals surface area contributed by atoms with Gasteiger partial charge in [-0.15, -0.1) is 0 Å². The molecule has 0 spiro atoms. The minimum Gasteiger partial charge on any atom is -0.256 e. The predicted octanol–water partition coefficient (Wildman–Crippen LogP) is 2.80. The van der Waals surface area contributed by atoms with Crippen LogP contribution in [-0.2, 0) is 10.0 Å². The molecule has 4 nitrogen and oxygen atoms in total. The van der Waals surface area contributed by atoms with Gasteiger partial charge in [-0.05, 0) is 37.1 Å². The number of rotatable bonds is 2. The Kier molecular flexibility index (Phi) is 3.72. The first-order valence-electron chi connectivity index (χ1n) is 7.03. The molecule has 5 heteroatoms. The van der Waals surface area contributed by atoms with Crippen molar-refractivity contribution < 1.29 is 8.42 Å². The smallest absolute Gasteiger partial charge is 0.243 e. The van der Waals surface area contributed by atoms with Crippen LogP contribution in [0.3, 0.4) is 0 Å². The van der Waals surface area contributed by atoms with Crippen molar-refractivity contribution in [1.82, 2.24) is 9.29 Å². The highest BCUT2D eigenvalue weighted by Crippen LogP contribution is 2.26. The summed E-state index contributed by atoms with van der Waals surface area (Å²) in [5.41, 5.74) is 0.725. The first kappa shape index (κ1) is 13.5. The molecule has 2 aromatic rings. The van der Waals surface area contributed by atoms with Crippen molar-refractivity contribution in [2.75, 3.05) is 13.1 Å². The summed E-state index contributed by atoms with van der Waals surface area (Å²) in [5, 5.41) is 0.708. The molecule has 20 heavy (non-hydrogen) atoms. The van der Waals surface area contributed by atoms with Gasteiger partial charge in [0, 0.05) is 24.7 Å². The molecule has 0 radical (unpaired) electrons. The number of hydrogen-bond acceptors (Lipinski definition) is 3. The highest BCUT2D eigenvalue weighted by Gasteiger charge is 2.26. The number of fused-ring (bicyclic) bond motifs is 1. The van der Waals surface area contributed by atoms with Crippen molar-refractivity contribution in [2.24, 2.45) is 0 Å². The van der Waals surface area contributed by atoms with Crippen LogP contribution < -0.4 is 0 Å². The molecule has 3 rings (SSSR count). The SMILES string of the molecule is O=S(=O)(c1cccc2ncccc12)N1CCCCCC1. The highest BCUT2D eigenvalue weighted by molar-refractivity contribution is 7.89. The fourth-order valence-corrected chi connectivity index (χ4v) is 4.44. The Hall–Kier alpha value is -1.46. The molecule has 106 valence electrons. The van der Waals surface area contributed by atoms with Crippen LogP contribution in [0.15, 0.2) is 41.4 Å². The first-order chi connectivity index (χ1) is 9.69. The van der Waals surface area contributed by atoms with Gasteiger partial charge in [0.2, 0.25) is 10.0 Å². The van der Waals surface area contributed by atoms with Crippen molar-refractivity contribution >= 4 is 20.9 Å². The average Bonchev–Trinajstić information content (AvgIpc) is 2.76. The Morgan fingerprint density at radius 1 is 0.950 bits per heavy atom. The number of benzene rings is 1. The molecular weight excluding hydrogens is 272 g/mol. The van der Waals surface area contributed by atoms with Gasteiger partial charge in [-0.25, -0.2) is 8.42 Å². The van der Waals surface area contributed by atoms with Crippen molar-refractivity contribution in [3.63, 3.8) is 0 Å². The monoisotopic (exact) mass is 290 g/mol. The molecule has 1 aromatic carbocycles. The van der Waals surface area contributed by atoms with E-state index in [4.69, 9.17) is 0 Å². The van der Waals surface area contributed by atoms with E-state index in [0.717, 1.165) is 31.2 Å². The van der Waals surface area contributed by atoms with E-state index in [1.165, 1.54) is 0 Å². The fraction of sp³-hybridized carbons (Fsp3) is 0.400. The molecule has 0 amide bonds. The third-order valence-electron chi connectivity index (χ3n) is 3.79. The molecule has 1 aliphatic rings. The summed E-state index contributed by atoms with van der Waals surface area (Å²) in [6, 6.07) is 8.90. The molecule has 1 saturated heterocycles. The minimum atomic E-state index is -3.42. The lowest BCUT2D eigenvalue weighted by molar-refractivity contribution is 0.424. The normalized spacial score (nSPS) is 18.0. The van der Waals surface area contributed by atoms with Gasteiger partial charge in [-0.2, -0.15) is 4.31 Å². The van der Waals surface area contributed by atoms with Crippen LogP contribution in [0.2, 0.25) is 0 Å². The minimum absolute atomic E-state index is 0.380. The van der Waals surface area contributed by atoms with E-state index >= 15 is 0 Å². The van der Waals surface area contributed by atoms with Crippen molar-refractivity contribution in [1.29, 1.82) is 0 Å². The van der Waals surface area contributed by atoms with Crippen LogP contribution in [0, 0.1) is 0 Å². The Balaban J connectivity index is 2.09. The summed E-state index contributed by atoms with van der Waals surface area (Å²) >= 11 is 0. The van der Waals surface area contributed by atoms with Gasteiger partial charge in [0.05, 0.1) is 10.4 Å². The lowest BCUT2D eigenvalue weighted by atomic mass is 10.2. The van der Waals surface area contributed by atoms with Gasteiger partial charge >= 0.3 is 0 Å². The fourth-order valence-electron chi connectivity index (χ4n) is 2.72. The maximum absolute atomic E-state index is 12.9. The van der Waals surface area contributed by atoms with Gasteiger partial charge in [-0.1, -0.05) is 18.9 Å². The molecule has 1 fully saturated rings. The van der Waals surface area contributed by atoms with Crippen LogP contribution in [-0.4, -0.2) is 30.8 Å². The zero-order chi connectivity index (χ0) is 14.0. The number of sulfonamides is 1. The maximum Gasteiger partial charge on any atom is 0.243 e. The van der Waals surface area contributed by atoms with Gasteiger partial charge in [0.25, 0.3) is 0 Å².